The maximum Gasteiger partial charge on any atom is 0.408 e. The SMILES string of the molecule is CC(C)(C)OC(=O)[C@@H]1CCCN1C[C@@H]1C[C@H](c2ccc(CO)cc2)O[C@H](c2ccc(N3C(=O)CC(NC(=O)OCc4ccccc4)C3=O)cc2)O1. The number of nitrogens with one attached hydrogen (secondary N) is 1. The zero-order chi connectivity index (χ0) is 36.1. The van der Waals surface area contributed by atoms with Gasteiger partial charge in [0.2, 0.25) is 5.91 Å². The molecule has 12 heteroatoms. The van der Waals surface area contributed by atoms with Crippen LogP contribution >= 0.6 is 0 Å². The minimum Gasteiger partial charge on any atom is -0.459 e. The molecule has 270 valence electrons. The molecule has 3 aliphatic rings. The second-order valence-electron chi connectivity index (χ2n) is 14.2. The van der Waals surface area contributed by atoms with Crippen LogP contribution in [0.4, 0.5) is 10.5 Å². The van der Waals surface area contributed by atoms with Crippen LogP contribution < -0.4 is 10.2 Å². The molecule has 3 heterocycles. The van der Waals surface area contributed by atoms with Gasteiger partial charge < -0.3 is 29.4 Å². The van der Waals surface area contributed by atoms with E-state index in [0.717, 1.165) is 34.6 Å². The Kier molecular flexibility index (Phi) is 11.2. The van der Waals surface area contributed by atoms with Crippen molar-refractivity contribution in [1.82, 2.24) is 10.2 Å². The third-order valence-electron chi connectivity index (χ3n) is 9.17. The second-order valence-corrected chi connectivity index (χ2v) is 14.2. The Labute approximate surface area is 297 Å². The van der Waals surface area contributed by atoms with Crippen molar-refractivity contribution in [3.8, 4) is 0 Å². The molecular weight excluding hydrogens is 654 g/mol. The topological polar surface area (TPSA) is 144 Å². The van der Waals surface area contributed by atoms with E-state index in [1.54, 1.807) is 24.3 Å². The number of carbonyl (C=O) groups is 4. The Morgan fingerprint density at radius 2 is 1.63 bits per heavy atom. The van der Waals surface area contributed by atoms with E-state index in [1.165, 1.54) is 0 Å². The lowest BCUT2D eigenvalue weighted by atomic mass is 9.99. The summed E-state index contributed by atoms with van der Waals surface area (Å²) in [7, 11) is 0. The molecule has 51 heavy (non-hydrogen) atoms. The van der Waals surface area contributed by atoms with Gasteiger partial charge in [0, 0.05) is 18.5 Å². The number of likely N-dealkylation sites (tertiary alicyclic amines) is 1. The Bertz CT molecular complexity index is 1690. The van der Waals surface area contributed by atoms with Crippen LogP contribution in [0, 0.1) is 0 Å². The van der Waals surface area contributed by atoms with Gasteiger partial charge in [0.15, 0.2) is 6.29 Å². The number of amides is 3. The van der Waals surface area contributed by atoms with Crippen molar-refractivity contribution in [2.24, 2.45) is 0 Å². The number of nitrogens with zero attached hydrogens (tertiary/aromatic N) is 2. The molecule has 3 aromatic carbocycles. The number of benzene rings is 3. The van der Waals surface area contributed by atoms with Gasteiger partial charge in [-0.3, -0.25) is 19.3 Å². The normalized spacial score (nSPS) is 24.1. The summed E-state index contributed by atoms with van der Waals surface area (Å²) in [4.78, 5) is 54.9. The van der Waals surface area contributed by atoms with Crippen LogP contribution in [0.5, 0.6) is 0 Å². The number of imide groups is 1. The molecule has 0 bridgehead atoms. The molecule has 0 radical (unpaired) electrons. The zero-order valence-corrected chi connectivity index (χ0v) is 29.2. The van der Waals surface area contributed by atoms with Gasteiger partial charge in [-0.05, 0) is 69.0 Å². The third kappa shape index (κ3) is 9.01. The summed E-state index contributed by atoms with van der Waals surface area (Å²) in [5, 5.41) is 12.1. The Morgan fingerprint density at radius 3 is 2.31 bits per heavy atom. The average molecular weight is 700 g/mol. The molecule has 0 saturated carbocycles. The molecule has 12 nitrogen and oxygen atoms in total. The van der Waals surface area contributed by atoms with Crippen LogP contribution in [0.3, 0.4) is 0 Å². The number of anilines is 1. The van der Waals surface area contributed by atoms with Crippen molar-refractivity contribution in [2.75, 3.05) is 18.0 Å². The maximum atomic E-state index is 13.2. The fraction of sp³-hybridized carbons (Fsp3) is 0.436. The van der Waals surface area contributed by atoms with Crippen molar-refractivity contribution in [3.63, 3.8) is 0 Å². The number of aliphatic hydroxyl groups excluding tert-OH is 1. The van der Waals surface area contributed by atoms with Gasteiger partial charge in [0.05, 0.1) is 30.9 Å². The Balaban J connectivity index is 1.14. The monoisotopic (exact) mass is 699 g/mol. The zero-order valence-electron chi connectivity index (χ0n) is 29.2. The first-order valence-electron chi connectivity index (χ1n) is 17.4. The Morgan fingerprint density at radius 1 is 0.922 bits per heavy atom. The number of hydrogen-bond donors (Lipinski definition) is 2. The van der Waals surface area contributed by atoms with Crippen LogP contribution in [0.1, 0.15) is 81.1 Å². The third-order valence-corrected chi connectivity index (χ3v) is 9.17. The van der Waals surface area contributed by atoms with Crippen molar-refractivity contribution < 1.29 is 43.2 Å². The molecule has 0 spiro atoms. The van der Waals surface area contributed by atoms with Crippen LogP contribution in [-0.2, 0) is 46.5 Å². The van der Waals surface area contributed by atoms with Gasteiger partial charge >= 0.3 is 12.1 Å². The quantitative estimate of drug-likeness (QED) is 0.217. The van der Waals surface area contributed by atoms with Crippen molar-refractivity contribution in [1.29, 1.82) is 0 Å². The van der Waals surface area contributed by atoms with E-state index in [1.807, 2.05) is 75.4 Å². The van der Waals surface area contributed by atoms with E-state index in [9.17, 15) is 24.3 Å². The van der Waals surface area contributed by atoms with E-state index in [-0.39, 0.29) is 43.9 Å². The largest absolute Gasteiger partial charge is 0.459 e. The second kappa shape index (κ2) is 15.7. The van der Waals surface area contributed by atoms with Crippen LogP contribution in [0.25, 0.3) is 0 Å². The van der Waals surface area contributed by atoms with Gasteiger partial charge in [0.25, 0.3) is 5.91 Å². The van der Waals surface area contributed by atoms with Crippen molar-refractivity contribution in [2.45, 2.75) is 95.9 Å². The number of hydrogen-bond acceptors (Lipinski definition) is 10. The van der Waals surface area contributed by atoms with Gasteiger partial charge in [-0.1, -0.05) is 66.7 Å². The minimum atomic E-state index is -1.04. The summed E-state index contributed by atoms with van der Waals surface area (Å²) < 4.78 is 24.0. The maximum absolute atomic E-state index is 13.2. The van der Waals surface area contributed by atoms with Gasteiger partial charge in [0.1, 0.15) is 24.3 Å². The lowest BCUT2D eigenvalue weighted by molar-refractivity contribution is -0.253. The van der Waals surface area contributed by atoms with Crippen molar-refractivity contribution in [3.05, 3.63) is 101 Å². The fourth-order valence-corrected chi connectivity index (χ4v) is 6.68. The highest BCUT2D eigenvalue weighted by molar-refractivity contribution is 6.22. The van der Waals surface area contributed by atoms with E-state index in [0.29, 0.717) is 30.6 Å². The molecular formula is C39H45N3O9. The first-order chi connectivity index (χ1) is 24.5. The summed E-state index contributed by atoms with van der Waals surface area (Å²) in [6.07, 6.45) is -0.226. The summed E-state index contributed by atoms with van der Waals surface area (Å²) in [5.41, 5.74) is 2.98. The molecule has 1 unspecified atom stereocenters. The number of rotatable bonds is 10. The van der Waals surface area contributed by atoms with Crippen molar-refractivity contribution >= 4 is 29.6 Å². The average Bonchev–Trinajstić information content (AvgIpc) is 3.69. The van der Waals surface area contributed by atoms with Crippen LogP contribution in [0.15, 0.2) is 78.9 Å². The molecule has 6 rings (SSSR count). The van der Waals surface area contributed by atoms with Gasteiger partial charge in [-0.2, -0.15) is 0 Å². The summed E-state index contributed by atoms with van der Waals surface area (Å²) >= 11 is 0. The standard InChI is InChI=1S/C39H45N3O9/c1-39(2,3)51-36(46)32-10-7-19-41(32)22-30-20-33(27-13-11-25(23-43)12-14-27)50-37(49-30)28-15-17-29(18-16-28)42-34(44)21-31(35(42)45)40-38(47)48-24-26-8-5-4-6-9-26/h4-6,8-9,11-18,30-33,37,43H,7,10,19-24H2,1-3H3,(H,40,47)/t30-,31?,32-,33+,37+/m0/s1. The first-order valence-corrected chi connectivity index (χ1v) is 17.4. The molecule has 5 atom stereocenters. The van der Waals surface area contributed by atoms with E-state index < -0.39 is 35.8 Å². The van der Waals surface area contributed by atoms with Crippen LogP contribution in [0.2, 0.25) is 0 Å². The molecule has 3 fully saturated rings. The fourth-order valence-electron chi connectivity index (χ4n) is 6.68. The summed E-state index contributed by atoms with van der Waals surface area (Å²) in [5.74, 6) is -1.23. The van der Waals surface area contributed by atoms with Crippen LogP contribution in [-0.4, -0.2) is 70.8 Å². The van der Waals surface area contributed by atoms with E-state index in [2.05, 4.69) is 10.2 Å². The highest BCUT2D eigenvalue weighted by Gasteiger charge is 2.42. The molecule has 3 amide bonds. The smallest absolute Gasteiger partial charge is 0.408 e. The van der Waals surface area contributed by atoms with Gasteiger partial charge in [-0.15, -0.1) is 0 Å². The Hall–Kier alpha value is -4.62. The molecule has 2 N–H and O–H groups in total. The minimum absolute atomic E-state index is 0.0378. The number of aliphatic hydroxyl groups is 1. The first kappa shape index (κ1) is 36.2. The van der Waals surface area contributed by atoms with E-state index in [4.69, 9.17) is 18.9 Å². The summed E-state index contributed by atoms with van der Waals surface area (Å²) in [6.45, 7) is 6.82. The predicted octanol–water partition coefficient (Wildman–Crippen LogP) is 5.09. The molecule has 3 aliphatic heterocycles. The molecule has 3 saturated heterocycles. The highest BCUT2D eigenvalue weighted by atomic mass is 16.7. The number of alkyl carbamates (subject to hydrolysis) is 1. The number of ether oxygens (including phenoxy) is 4. The molecule has 3 aromatic rings. The summed E-state index contributed by atoms with van der Waals surface area (Å²) in [6, 6.07) is 22.2. The van der Waals surface area contributed by atoms with Gasteiger partial charge in [-0.25, -0.2) is 9.69 Å². The number of esters is 1. The molecule has 0 aromatic heterocycles. The van der Waals surface area contributed by atoms with E-state index >= 15 is 0 Å². The highest BCUT2D eigenvalue weighted by Crippen LogP contribution is 2.39. The predicted molar refractivity (Wildman–Crippen MR) is 186 cm³/mol. The lowest BCUT2D eigenvalue weighted by Gasteiger charge is -2.38. The number of carbonyl (C=O) groups excluding carboxylic acids is 4. The lowest BCUT2D eigenvalue weighted by Crippen LogP contribution is -2.45. The molecule has 0 aliphatic carbocycles.